The van der Waals surface area contributed by atoms with Crippen LogP contribution in [-0.4, -0.2) is 37.4 Å². The number of nitrogens with one attached hydrogen (secondary N) is 1. The fourth-order valence-corrected chi connectivity index (χ4v) is 2.74. The molecule has 0 aromatic heterocycles. The summed E-state index contributed by atoms with van der Waals surface area (Å²) in [5.74, 6) is 1.54. The van der Waals surface area contributed by atoms with Gasteiger partial charge in [-0.25, -0.2) is 0 Å². The minimum absolute atomic E-state index is 0.688. The second-order valence-electron chi connectivity index (χ2n) is 5.00. The smallest absolute Gasteiger partial charge is 0.120 e. The number of anilines is 1. The molecule has 1 aromatic rings. The van der Waals surface area contributed by atoms with Gasteiger partial charge >= 0.3 is 0 Å². The molecule has 0 atom stereocenters. The van der Waals surface area contributed by atoms with Gasteiger partial charge in [-0.2, -0.15) is 5.10 Å². The van der Waals surface area contributed by atoms with Crippen LogP contribution in [0.15, 0.2) is 29.4 Å². The largest absolute Gasteiger partial charge is 0.497 e. The molecule has 96 valence electrons. The molecule has 4 heteroatoms. The van der Waals surface area contributed by atoms with E-state index in [1.165, 1.54) is 31.6 Å². The van der Waals surface area contributed by atoms with E-state index in [1.807, 2.05) is 24.3 Å². The molecule has 0 unspecified atom stereocenters. The summed E-state index contributed by atoms with van der Waals surface area (Å²) in [4.78, 5) is 2.48. The number of methoxy groups -OCH3 is 1. The van der Waals surface area contributed by atoms with Crippen molar-refractivity contribution in [2.75, 3.05) is 32.2 Å². The number of hydrogen-bond donors (Lipinski definition) is 1. The highest BCUT2D eigenvalue weighted by Crippen LogP contribution is 2.25. The predicted octanol–water partition coefficient (Wildman–Crippen LogP) is 2.19. The number of rotatable bonds is 3. The van der Waals surface area contributed by atoms with Crippen molar-refractivity contribution < 1.29 is 4.74 Å². The third-order valence-electron chi connectivity index (χ3n) is 3.84. The molecule has 0 spiro atoms. The molecule has 0 radical (unpaired) electrons. The molecule has 0 aliphatic carbocycles. The first-order chi connectivity index (χ1) is 8.85. The fourth-order valence-electron chi connectivity index (χ4n) is 2.74. The lowest BCUT2D eigenvalue weighted by Crippen LogP contribution is -2.48. The van der Waals surface area contributed by atoms with Crippen LogP contribution in [-0.2, 0) is 0 Å². The maximum Gasteiger partial charge on any atom is 0.120 e. The first-order valence-electron chi connectivity index (χ1n) is 6.54. The van der Waals surface area contributed by atoms with Gasteiger partial charge in [0.15, 0.2) is 0 Å². The van der Waals surface area contributed by atoms with Crippen LogP contribution in [0.25, 0.3) is 0 Å². The van der Waals surface area contributed by atoms with Crippen LogP contribution in [0, 0.1) is 5.92 Å². The second kappa shape index (κ2) is 4.98. The molecule has 18 heavy (non-hydrogen) atoms. The Balaban J connectivity index is 1.69. The Morgan fingerprint density at radius 3 is 2.83 bits per heavy atom. The summed E-state index contributed by atoms with van der Waals surface area (Å²) in [5, 5.41) is 4.58. The Kier molecular flexibility index (Phi) is 3.19. The van der Waals surface area contributed by atoms with Crippen molar-refractivity contribution in [3.63, 3.8) is 0 Å². The number of hydrogen-bond acceptors (Lipinski definition) is 4. The van der Waals surface area contributed by atoms with Crippen molar-refractivity contribution >= 4 is 11.4 Å². The van der Waals surface area contributed by atoms with Crippen molar-refractivity contribution in [3.05, 3.63) is 24.3 Å². The molecule has 1 aromatic carbocycles. The standard InChI is InChI=1S/C14H19N3O/c1-18-13-4-2-3-12(9-13)15-16-14-10-17-7-5-11(14)6-8-17/h2-4,9,11,15H,5-8,10H2,1H3. The number of benzene rings is 1. The number of hydrazone groups is 1. The van der Waals surface area contributed by atoms with Gasteiger partial charge in [-0.3, -0.25) is 10.3 Å². The van der Waals surface area contributed by atoms with Gasteiger partial charge in [-0.1, -0.05) is 6.07 Å². The molecular formula is C14H19N3O. The molecule has 0 saturated carbocycles. The first kappa shape index (κ1) is 11.5. The first-order valence-corrected chi connectivity index (χ1v) is 6.54. The van der Waals surface area contributed by atoms with Crippen molar-refractivity contribution in [1.29, 1.82) is 0 Å². The van der Waals surface area contributed by atoms with E-state index in [4.69, 9.17) is 4.74 Å². The van der Waals surface area contributed by atoms with Crippen LogP contribution in [0.2, 0.25) is 0 Å². The zero-order chi connectivity index (χ0) is 12.4. The number of ether oxygens (including phenoxy) is 1. The average molecular weight is 245 g/mol. The summed E-state index contributed by atoms with van der Waals surface area (Å²) in [6.07, 6.45) is 2.53. The molecule has 3 aliphatic heterocycles. The van der Waals surface area contributed by atoms with Gasteiger partial charge in [0.1, 0.15) is 5.75 Å². The minimum atomic E-state index is 0.688. The van der Waals surface area contributed by atoms with E-state index in [0.717, 1.165) is 18.0 Å². The second-order valence-corrected chi connectivity index (χ2v) is 5.00. The third-order valence-corrected chi connectivity index (χ3v) is 3.84. The summed E-state index contributed by atoms with van der Waals surface area (Å²) >= 11 is 0. The predicted molar refractivity (Wildman–Crippen MR) is 73.2 cm³/mol. The molecule has 4 rings (SSSR count). The topological polar surface area (TPSA) is 36.9 Å². The van der Waals surface area contributed by atoms with Crippen molar-refractivity contribution in [1.82, 2.24) is 4.90 Å². The molecule has 3 heterocycles. The SMILES string of the molecule is COc1cccc(NN=C2CN3CCC2CC3)c1. The number of fused-ring (bicyclic) bond motifs is 3. The van der Waals surface area contributed by atoms with Crippen molar-refractivity contribution in [3.8, 4) is 5.75 Å². The monoisotopic (exact) mass is 245 g/mol. The van der Waals surface area contributed by atoms with Gasteiger partial charge in [0.25, 0.3) is 0 Å². The summed E-state index contributed by atoms with van der Waals surface area (Å²) in [5.41, 5.74) is 5.44. The van der Waals surface area contributed by atoms with E-state index in [2.05, 4.69) is 15.4 Å². The quantitative estimate of drug-likeness (QED) is 0.829. The van der Waals surface area contributed by atoms with Crippen LogP contribution < -0.4 is 10.2 Å². The molecule has 2 bridgehead atoms. The van der Waals surface area contributed by atoms with Crippen LogP contribution in [0.3, 0.4) is 0 Å². The minimum Gasteiger partial charge on any atom is -0.497 e. The molecule has 3 fully saturated rings. The summed E-state index contributed by atoms with van der Waals surface area (Å²) in [6, 6.07) is 7.88. The summed E-state index contributed by atoms with van der Waals surface area (Å²) in [7, 11) is 1.68. The zero-order valence-corrected chi connectivity index (χ0v) is 10.7. The van der Waals surface area contributed by atoms with Crippen LogP contribution >= 0.6 is 0 Å². The van der Waals surface area contributed by atoms with Crippen molar-refractivity contribution in [2.24, 2.45) is 11.0 Å². The van der Waals surface area contributed by atoms with Crippen LogP contribution in [0.5, 0.6) is 5.75 Å². The Hall–Kier alpha value is -1.55. The van der Waals surface area contributed by atoms with Gasteiger partial charge in [0.2, 0.25) is 0 Å². The zero-order valence-electron chi connectivity index (χ0n) is 10.7. The maximum atomic E-state index is 5.20. The normalized spacial score (nSPS) is 28.4. The molecule has 3 saturated heterocycles. The summed E-state index contributed by atoms with van der Waals surface area (Å²) in [6.45, 7) is 3.51. The molecule has 1 N–H and O–H groups in total. The van der Waals surface area contributed by atoms with Crippen LogP contribution in [0.4, 0.5) is 5.69 Å². The highest BCUT2D eigenvalue weighted by atomic mass is 16.5. The van der Waals surface area contributed by atoms with Crippen LogP contribution in [0.1, 0.15) is 12.8 Å². The lowest BCUT2D eigenvalue weighted by atomic mass is 9.87. The Morgan fingerprint density at radius 1 is 1.33 bits per heavy atom. The van der Waals surface area contributed by atoms with E-state index in [0.29, 0.717) is 5.92 Å². The van der Waals surface area contributed by atoms with Gasteiger partial charge in [0, 0.05) is 18.5 Å². The van der Waals surface area contributed by atoms with Crippen molar-refractivity contribution in [2.45, 2.75) is 12.8 Å². The third kappa shape index (κ3) is 2.34. The summed E-state index contributed by atoms with van der Waals surface area (Å²) < 4.78 is 5.20. The molecule has 3 aliphatic rings. The Bertz CT molecular complexity index is 450. The fraction of sp³-hybridized carbons (Fsp3) is 0.500. The van der Waals surface area contributed by atoms with Gasteiger partial charge < -0.3 is 4.74 Å². The van der Waals surface area contributed by atoms with E-state index < -0.39 is 0 Å². The lowest BCUT2D eigenvalue weighted by Gasteiger charge is -2.39. The highest BCUT2D eigenvalue weighted by molar-refractivity contribution is 5.90. The van der Waals surface area contributed by atoms with E-state index in [1.54, 1.807) is 7.11 Å². The molecule has 0 amide bonds. The van der Waals surface area contributed by atoms with E-state index in [9.17, 15) is 0 Å². The highest BCUT2D eigenvalue weighted by Gasteiger charge is 2.30. The number of nitrogens with zero attached hydrogens (tertiary/aromatic N) is 2. The maximum absolute atomic E-state index is 5.20. The Labute approximate surface area is 108 Å². The van der Waals surface area contributed by atoms with Gasteiger partial charge in [-0.15, -0.1) is 0 Å². The molecular weight excluding hydrogens is 226 g/mol. The van der Waals surface area contributed by atoms with Gasteiger partial charge in [-0.05, 0) is 38.1 Å². The van der Waals surface area contributed by atoms with E-state index >= 15 is 0 Å². The number of piperidine rings is 3. The lowest BCUT2D eigenvalue weighted by molar-refractivity contribution is 0.200. The Morgan fingerprint density at radius 2 is 2.17 bits per heavy atom. The molecule has 4 nitrogen and oxygen atoms in total. The van der Waals surface area contributed by atoms with Gasteiger partial charge in [0.05, 0.1) is 18.5 Å². The van der Waals surface area contributed by atoms with E-state index in [-0.39, 0.29) is 0 Å². The average Bonchev–Trinajstić information content (AvgIpc) is 2.46.